The average molecular weight is 228 g/mol. The van der Waals surface area contributed by atoms with Crippen LogP contribution in [-0.4, -0.2) is 19.7 Å². The van der Waals surface area contributed by atoms with Gasteiger partial charge in [0.2, 0.25) is 0 Å². The molecule has 1 aliphatic rings. The Balaban J connectivity index is 2.30. The first-order valence-corrected chi connectivity index (χ1v) is 4.80. The molecule has 1 aliphatic heterocycles. The molecule has 1 atom stereocenters. The minimum absolute atomic E-state index is 0.0292. The van der Waals surface area contributed by atoms with Crippen molar-refractivity contribution in [1.82, 2.24) is 0 Å². The van der Waals surface area contributed by atoms with Crippen molar-refractivity contribution >= 4 is 5.97 Å². The molecule has 0 spiro atoms. The molecule has 1 unspecified atom stereocenters. The SMILES string of the molecule is COC(=O)C1COc2c(F)cc(F)cc2C1. The minimum atomic E-state index is -0.738. The Morgan fingerprint density at radius 2 is 2.25 bits per heavy atom. The van der Waals surface area contributed by atoms with Gasteiger partial charge in [-0.3, -0.25) is 4.79 Å². The number of carbonyl (C=O) groups excluding carboxylic acids is 1. The van der Waals surface area contributed by atoms with Crippen LogP contribution >= 0.6 is 0 Å². The standard InChI is InChI=1S/C11H10F2O3/c1-15-11(14)7-2-6-3-8(12)4-9(13)10(6)16-5-7/h3-4,7H,2,5H2,1H3. The van der Waals surface area contributed by atoms with Gasteiger partial charge in [-0.1, -0.05) is 0 Å². The zero-order valence-electron chi connectivity index (χ0n) is 8.63. The lowest BCUT2D eigenvalue weighted by Crippen LogP contribution is -2.29. The van der Waals surface area contributed by atoms with Gasteiger partial charge in [0, 0.05) is 11.6 Å². The summed E-state index contributed by atoms with van der Waals surface area (Å²) in [6.07, 6.45) is 0.233. The number of carbonyl (C=O) groups is 1. The lowest BCUT2D eigenvalue weighted by molar-refractivity contribution is -0.146. The molecule has 0 aliphatic carbocycles. The van der Waals surface area contributed by atoms with Crippen LogP contribution in [0.4, 0.5) is 8.78 Å². The highest BCUT2D eigenvalue weighted by Crippen LogP contribution is 2.31. The molecule has 86 valence electrons. The van der Waals surface area contributed by atoms with E-state index in [1.165, 1.54) is 13.2 Å². The van der Waals surface area contributed by atoms with E-state index in [1.807, 2.05) is 0 Å². The molecule has 0 amide bonds. The highest BCUT2D eigenvalue weighted by molar-refractivity contribution is 5.73. The maximum Gasteiger partial charge on any atom is 0.312 e. The van der Waals surface area contributed by atoms with Gasteiger partial charge in [-0.2, -0.15) is 0 Å². The van der Waals surface area contributed by atoms with Crippen LogP contribution in [0.25, 0.3) is 0 Å². The third kappa shape index (κ3) is 1.85. The Kier molecular flexibility index (Phi) is 2.77. The van der Waals surface area contributed by atoms with Crippen molar-refractivity contribution < 1.29 is 23.0 Å². The molecule has 0 N–H and O–H groups in total. The Labute approximate surface area is 91.0 Å². The molecule has 0 radical (unpaired) electrons. The summed E-state index contributed by atoms with van der Waals surface area (Å²) in [5.41, 5.74) is 0.360. The fourth-order valence-corrected chi connectivity index (χ4v) is 1.75. The van der Waals surface area contributed by atoms with Gasteiger partial charge in [-0.05, 0) is 12.5 Å². The van der Waals surface area contributed by atoms with Crippen LogP contribution in [0.3, 0.4) is 0 Å². The van der Waals surface area contributed by atoms with E-state index in [1.54, 1.807) is 0 Å². The second-order valence-electron chi connectivity index (χ2n) is 3.61. The number of fused-ring (bicyclic) bond motifs is 1. The molecule has 0 aromatic heterocycles. The Hall–Kier alpha value is -1.65. The smallest absolute Gasteiger partial charge is 0.312 e. The predicted octanol–water partition coefficient (Wildman–Crippen LogP) is 1.69. The number of ether oxygens (including phenoxy) is 2. The van der Waals surface area contributed by atoms with Crippen molar-refractivity contribution in [3.8, 4) is 5.75 Å². The first-order valence-electron chi connectivity index (χ1n) is 4.80. The van der Waals surface area contributed by atoms with Gasteiger partial charge in [-0.25, -0.2) is 8.78 Å². The molecule has 1 aromatic rings. The minimum Gasteiger partial charge on any atom is -0.489 e. The van der Waals surface area contributed by atoms with Crippen LogP contribution in [0.5, 0.6) is 5.75 Å². The van der Waals surface area contributed by atoms with Crippen LogP contribution in [-0.2, 0) is 16.0 Å². The van der Waals surface area contributed by atoms with Crippen LogP contribution in [0, 0.1) is 17.6 Å². The summed E-state index contributed by atoms with van der Waals surface area (Å²) in [5, 5.41) is 0. The topological polar surface area (TPSA) is 35.5 Å². The van der Waals surface area contributed by atoms with E-state index in [4.69, 9.17) is 4.74 Å². The summed E-state index contributed by atoms with van der Waals surface area (Å²) in [4.78, 5) is 11.3. The molecular formula is C11H10F2O3. The Bertz CT molecular complexity index is 431. The van der Waals surface area contributed by atoms with Gasteiger partial charge in [-0.15, -0.1) is 0 Å². The number of esters is 1. The predicted molar refractivity (Wildman–Crippen MR) is 51.1 cm³/mol. The van der Waals surface area contributed by atoms with Crippen molar-refractivity contribution in [2.24, 2.45) is 5.92 Å². The van der Waals surface area contributed by atoms with Gasteiger partial charge in [0.1, 0.15) is 12.4 Å². The molecule has 1 aromatic carbocycles. The number of hydrogen-bond acceptors (Lipinski definition) is 3. The van der Waals surface area contributed by atoms with E-state index in [-0.39, 0.29) is 18.8 Å². The second-order valence-corrected chi connectivity index (χ2v) is 3.61. The molecule has 5 heteroatoms. The van der Waals surface area contributed by atoms with Crippen molar-refractivity contribution in [2.75, 3.05) is 13.7 Å². The van der Waals surface area contributed by atoms with Gasteiger partial charge < -0.3 is 9.47 Å². The van der Waals surface area contributed by atoms with Crippen molar-refractivity contribution in [3.63, 3.8) is 0 Å². The first kappa shape index (κ1) is 10.9. The molecule has 0 saturated heterocycles. The molecule has 0 fully saturated rings. The van der Waals surface area contributed by atoms with Gasteiger partial charge in [0.25, 0.3) is 0 Å². The normalized spacial score (nSPS) is 18.6. The number of rotatable bonds is 1. The highest BCUT2D eigenvalue weighted by atomic mass is 19.1. The summed E-state index contributed by atoms with van der Waals surface area (Å²) in [6.45, 7) is 0.0578. The van der Waals surface area contributed by atoms with E-state index in [9.17, 15) is 13.6 Å². The fraction of sp³-hybridized carbons (Fsp3) is 0.364. The van der Waals surface area contributed by atoms with Crippen molar-refractivity contribution in [1.29, 1.82) is 0 Å². The van der Waals surface area contributed by atoms with E-state index in [0.29, 0.717) is 5.56 Å². The largest absolute Gasteiger partial charge is 0.489 e. The van der Waals surface area contributed by atoms with E-state index in [2.05, 4.69) is 4.74 Å². The number of halogens is 2. The maximum atomic E-state index is 13.3. The van der Waals surface area contributed by atoms with Crippen LogP contribution < -0.4 is 4.74 Å². The number of methoxy groups -OCH3 is 1. The molecule has 3 nitrogen and oxygen atoms in total. The quantitative estimate of drug-likeness (QED) is 0.686. The molecular weight excluding hydrogens is 218 g/mol. The zero-order valence-corrected chi connectivity index (χ0v) is 8.63. The fourth-order valence-electron chi connectivity index (χ4n) is 1.75. The molecule has 16 heavy (non-hydrogen) atoms. The van der Waals surface area contributed by atoms with Crippen LogP contribution in [0.2, 0.25) is 0 Å². The Morgan fingerprint density at radius 1 is 1.50 bits per heavy atom. The summed E-state index contributed by atoms with van der Waals surface area (Å²) in [7, 11) is 1.27. The van der Waals surface area contributed by atoms with Crippen molar-refractivity contribution in [2.45, 2.75) is 6.42 Å². The van der Waals surface area contributed by atoms with E-state index < -0.39 is 23.5 Å². The molecule has 2 rings (SSSR count). The maximum absolute atomic E-state index is 13.3. The highest BCUT2D eigenvalue weighted by Gasteiger charge is 2.28. The number of benzene rings is 1. The lowest BCUT2D eigenvalue weighted by Gasteiger charge is -2.23. The van der Waals surface area contributed by atoms with Crippen LogP contribution in [0.15, 0.2) is 12.1 Å². The Morgan fingerprint density at radius 3 is 2.94 bits per heavy atom. The zero-order chi connectivity index (χ0) is 11.7. The first-order chi connectivity index (χ1) is 7.61. The summed E-state index contributed by atoms with van der Waals surface area (Å²) in [5.74, 6) is -2.32. The van der Waals surface area contributed by atoms with Gasteiger partial charge in [0.05, 0.1) is 13.0 Å². The van der Waals surface area contributed by atoms with Gasteiger partial charge in [0.15, 0.2) is 11.6 Å². The summed E-state index contributed by atoms with van der Waals surface area (Å²) >= 11 is 0. The molecule has 0 bridgehead atoms. The average Bonchev–Trinajstić information content (AvgIpc) is 2.27. The van der Waals surface area contributed by atoms with Crippen LogP contribution in [0.1, 0.15) is 5.56 Å². The summed E-state index contributed by atoms with van der Waals surface area (Å²) < 4.78 is 35.9. The monoisotopic (exact) mass is 228 g/mol. The third-order valence-corrected chi connectivity index (χ3v) is 2.51. The second kappa shape index (κ2) is 4.08. The summed E-state index contributed by atoms with van der Waals surface area (Å²) in [6, 6.07) is 1.94. The van der Waals surface area contributed by atoms with E-state index in [0.717, 1.165) is 6.07 Å². The third-order valence-electron chi connectivity index (χ3n) is 2.51. The number of hydrogen-bond donors (Lipinski definition) is 0. The van der Waals surface area contributed by atoms with E-state index >= 15 is 0 Å². The molecule has 0 saturated carbocycles. The van der Waals surface area contributed by atoms with Crippen molar-refractivity contribution in [3.05, 3.63) is 29.3 Å². The van der Waals surface area contributed by atoms with Gasteiger partial charge >= 0.3 is 5.97 Å². The molecule has 1 heterocycles. The lowest BCUT2D eigenvalue weighted by atomic mass is 9.96.